The van der Waals surface area contributed by atoms with Crippen LogP contribution >= 0.6 is 0 Å². The fourth-order valence-electron chi connectivity index (χ4n) is 2.51. The van der Waals surface area contributed by atoms with Crippen molar-refractivity contribution >= 4 is 0 Å². The summed E-state index contributed by atoms with van der Waals surface area (Å²) in [7, 11) is 3.43. The maximum Gasteiger partial charge on any atom is 0.122 e. The monoisotopic (exact) mass is 235 g/mol. The van der Waals surface area contributed by atoms with Gasteiger partial charge in [-0.15, -0.1) is 0 Å². The Hall–Kier alpha value is -1.06. The van der Waals surface area contributed by atoms with Gasteiger partial charge in [0.15, 0.2) is 0 Å². The second kappa shape index (κ2) is 4.67. The minimum atomic E-state index is 0.120. The molecule has 1 aliphatic carbocycles. The van der Waals surface area contributed by atoms with Crippen molar-refractivity contribution < 1.29 is 9.47 Å². The Morgan fingerprint density at radius 1 is 1.35 bits per heavy atom. The van der Waals surface area contributed by atoms with E-state index in [1.807, 2.05) is 12.1 Å². The highest BCUT2D eigenvalue weighted by Crippen LogP contribution is 2.53. The van der Waals surface area contributed by atoms with Gasteiger partial charge in [0.05, 0.1) is 13.7 Å². The van der Waals surface area contributed by atoms with Gasteiger partial charge in [0.1, 0.15) is 5.75 Å². The zero-order valence-electron chi connectivity index (χ0n) is 10.8. The largest absolute Gasteiger partial charge is 0.496 e. The maximum absolute atomic E-state index is 6.13. The fourth-order valence-corrected chi connectivity index (χ4v) is 2.51. The van der Waals surface area contributed by atoms with E-state index in [2.05, 4.69) is 13.0 Å². The Labute approximate surface area is 103 Å². The highest BCUT2D eigenvalue weighted by atomic mass is 16.5. The van der Waals surface area contributed by atoms with Crippen LogP contribution < -0.4 is 10.5 Å². The Morgan fingerprint density at radius 2 is 2.06 bits per heavy atom. The molecule has 1 unspecified atom stereocenters. The van der Waals surface area contributed by atoms with Crippen molar-refractivity contribution in [1.82, 2.24) is 0 Å². The molecule has 0 aromatic heterocycles. The third kappa shape index (κ3) is 2.17. The van der Waals surface area contributed by atoms with E-state index in [1.165, 1.54) is 11.1 Å². The summed E-state index contributed by atoms with van der Waals surface area (Å²) in [4.78, 5) is 0. The predicted octanol–water partition coefficient (Wildman–Crippen LogP) is 2.22. The lowest BCUT2D eigenvalue weighted by Crippen LogP contribution is -2.32. The summed E-state index contributed by atoms with van der Waals surface area (Å²) in [6, 6.07) is 6.41. The van der Waals surface area contributed by atoms with Crippen molar-refractivity contribution in [2.45, 2.75) is 37.8 Å². The van der Waals surface area contributed by atoms with Crippen LogP contribution in [0, 0.1) is 0 Å². The first-order valence-corrected chi connectivity index (χ1v) is 6.06. The zero-order valence-corrected chi connectivity index (χ0v) is 10.8. The molecule has 1 aromatic carbocycles. The third-order valence-corrected chi connectivity index (χ3v) is 3.77. The van der Waals surface area contributed by atoms with E-state index in [4.69, 9.17) is 15.2 Å². The first-order chi connectivity index (χ1) is 8.14. The number of rotatable bonds is 5. The molecular formula is C14H21NO2. The average molecular weight is 235 g/mol. The summed E-state index contributed by atoms with van der Waals surface area (Å²) < 4.78 is 10.6. The summed E-state index contributed by atoms with van der Waals surface area (Å²) in [5.74, 6) is 0.944. The molecule has 2 rings (SSSR count). The molecule has 3 heteroatoms. The van der Waals surface area contributed by atoms with E-state index in [9.17, 15) is 0 Å². The molecule has 3 nitrogen and oxygen atoms in total. The van der Waals surface area contributed by atoms with Crippen molar-refractivity contribution in [3.05, 3.63) is 29.3 Å². The van der Waals surface area contributed by atoms with E-state index in [1.54, 1.807) is 14.2 Å². The molecule has 94 valence electrons. The number of hydrogen-bond donors (Lipinski definition) is 1. The zero-order chi connectivity index (χ0) is 12.5. The number of nitrogens with two attached hydrogens (primary N) is 1. The first kappa shape index (κ1) is 12.4. The van der Waals surface area contributed by atoms with Crippen molar-refractivity contribution in [3.8, 4) is 5.75 Å². The van der Waals surface area contributed by atoms with Crippen LogP contribution in [0.5, 0.6) is 5.75 Å². The van der Waals surface area contributed by atoms with Crippen LogP contribution in [0.15, 0.2) is 18.2 Å². The average Bonchev–Trinajstić information content (AvgIpc) is 3.10. The molecule has 0 spiro atoms. The topological polar surface area (TPSA) is 44.5 Å². The molecule has 0 aliphatic heterocycles. The van der Waals surface area contributed by atoms with Crippen LogP contribution in [0.2, 0.25) is 0 Å². The minimum Gasteiger partial charge on any atom is -0.496 e. The van der Waals surface area contributed by atoms with Crippen LogP contribution in [0.25, 0.3) is 0 Å². The van der Waals surface area contributed by atoms with Crippen molar-refractivity contribution in [3.63, 3.8) is 0 Å². The van der Waals surface area contributed by atoms with Crippen LogP contribution in [-0.4, -0.2) is 20.3 Å². The van der Waals surface area contributed by atoms with E-state index in [0.29, 0.717) is 6.61 Å². The van der Waals surface area contributed by atoms with Crippen LogP contribution in [0.1, 0.15) is 30.9 Å². The lowest BCUT2D eigenvalue weighted by Gasteiger charge is -2.23. The number of methoxy groups -OCH3 is 2. The molecule has 17 heavy (non-hydrogen) atoms. The van der Waals surface area contributed by atoms with Gasteiger partial charge in [-0.3, -0.25) is 0 Å². The molecule has 0 radical (unpaired) electrons. The van der Waals surface area contributed by atoms with E-state index in [0.717, 1.165) is 18.6 Å². The van der Waals surface area contributed by atoms with E-state index in [-0.39, 0.29) is 11.5 Å². The summed E-state index contributed by atoms with van der Waals surface area (Å²) >= 11 is 0. The molecule has 1 saturated carbocycles. The van der Waals surface area contributed by atoms with Crippen LogP contribution in [0.3, 0.4) is 0 Å². The smallest absolute Gasteiger partial charge is 0.122 e. The van der Waals surface area contributed by atoms with E-state index < -0.39 is 0 Å². The molecule has 0 heterocycles. The lowest BCUT2D eigenvalue weighted by atomic mass is 9.87. The highest BCUT2D eigenvalue weighted by molar-refractivity contribution is 5.46. The van der Waals surface area contributed by atoms with Crippen LogP contribution in [-0.2, 0) is 16.8 Å². The molecule has 1 aliphatic rings. The molecule has 1 fully saturated rings. The van der Waals surface area contributed by atoms with Gasteiger partial charge >= 0.3 is 0 Å². The molecule has 0 saturated heterocycles. The molecule has 1 atom stereocenters. The molecule has 2 N–H and O–H groups in total. The van der Waals surface area contributed by atoms with Crippen molar-refractivity contribution in [2.75, 3.05) is 14.2 Å². The summed E-state index contributed by atoms with van der Waals surface area (Å²) in [6.45, 7) is 2.71. The van der Waals surface area contributed by atoms with Crippen molar-refractivity contribution in [2.24, 2.45) is 5.73 Å². The Morgan fingerprint density at radius 3 is 2.53 bits per heavy atom. The van der Waals surface area contributed by atoms with Gasteiger partial charge in [0, 0.05) is 24.1 Å². The van der Waals surface area contributed by atoms with Gasteiger partial charge in [-0.25, -0.2) is 0 Å². The Balaban J connectivity index is 2.39. The normalized spacial score (nSPS) is 18.8. The lowest BCUT2D eigenvalue weighted by molar-refractivity contribution is 0.184. The number of ether oxygens (including phenoxy) is 2. The molecule has 1 aromatic rings. The second-order valence-corrected chi connectivity index (χ2v) is 4.91. The summed E-state index contributed by atoms with van der Waals surface area (Å²) in [5.41, 5.74) is 8.66. The van der Waals surface area contributed by atoms with Gasteiger partial charge in [-0.1, -0.05) is 6.07 Å². The predicted molar refractivity (Wildman–Crippen MR) is 68.3 cm³/mol. The van der Waals surface area contributed by atoms with Gasteiger partial charge in [0.2, 0.25) is 0 Å². The Bertz CT molecular complexity index is 397. The van der Waals surface area contributed by atoms with Gasteiger partial charge in [-0.2, -0.15) is 0 Å². The van der Waals surface area contributed by atoms with Crippen molar-refractivity contribution in [1.29, 1.82) is 0 Å². The quantitative estimate of drug-likeness (QED) is 0.851. The number of benzene rings is 1. The first-order valence-electron chi connectivity index (χ1n) is 6.06. The molecular weight excluding hydrogens is 214 g/mol. The standard InChI is InChI=1S/C14H21NO2/c1-10(15)14(6-7-14)12-8-11(9-16-2)4-5-13(12)17-3/h4-5,8,10H,6-7,9,15H2,1-3H3. The van der Waals surface area contributed by atoms with Gasteiger partial charge in [-0.05, 0) is 37.5 Å². The van der Waals surface area contributed by atoms with E-state index >= 15 is 0 Å². The molecule has 0 amide bonds. The maximum atomic E-state index is 6.13. The Kier molecular flexibility index (Phi) is 3.40. The molecule has 0 bridgehead atoms. The van der Waals surface area contributed by atoms with Gasteiger partial charge in [0.25, 0.3) is 0 Å². The van der Waals surface area contributed by atoms with Gasteiger partial charge < -0.3 is 15.2 Å². The summed E-state index contributed by atoms with van der Waals surface area (Å²) in [5, 5.41) is 0. The summed E-state index contributed by atoms with van der Waals surface area (Å²) in [6.07, 6.45) is 2.30. The second-order valence-electron chi connectivity index (χ2n) is 4.91. The SMILES string of the molecule is COCc1ccc(OC)c(C2(C(C)N)CC2)c1. The van der Waals surface area contributed by atoms with Crippen LogP contribution in [0.4, 0.5) is 0 Å². The third-order valence-electron chi connectivity index (χ3n) is 3.77. The fraction of sp³-hybridized carbons (Fsp3) is 0.571. The minimum absolute atomic E-state index is 0.120. The number of hydrogen-bond acceptors (Lipinski definition) is 3. The highest BCUT2D eigenvalue weighted by Gasteiger charge is 2.49.